The molecule has 0 saturated heterocycles. The Hall–Kier alpha value is -1.69. The van der Waals surface area contributed by atoms with Crippen molar-refractivity contribution < 1.29 is 9.47 Å². The Kier molecular flexibility index (Phi) is 3.00. The fourth-order valence-corrected chi connectivity index (χ4v) is 2.31. The van der Waals surface area contributed by atoms with Crippen molar-refractivity contribution in [2.24, 2.45) is 5.92 Å². The third kappa shape index (κ3) is 1.71. The minimum atomic E-state index is 0.105. The van der Waals surface area contributed by atoms with E-state index >= 15 is 0 Å². The van der Waals surface area contributed by atoms with Gasteiger partial charge in [0.05, 0.1) is 26.2 Å². The number of methoxy groups -OCH3 is 2. The third-order valence-corrected chi connectivity index (χ3v) is 3.16. The summed E-state index contributed by atoms with van der Waals surface area (Å²) in [5, 5.41) is 8.98. The van der Waals surface area contributed by atoms with Crippen LogP contribution in [-0.2, 0) is 12.8 Å². The van der Waals surface area contributed by atoms with E-state index in [-0.39, 0.29) is 5.92 Å². The Morgan fingerprint density at radius 2 is 1.81 bits per heavy atom. The Labute approximate surface area is 95.6 Å². The van der Waals surface area contributed by atoms with Crippen LogP contribution < -0.4 is 9.47 Å². The fraction of sp³-hybridized carbons (Fsp3) is 0.462. The lowest BCUT2D eigenvalue weighted by atomic mass is 9.83. The van der Waals surface area contributed by atoms with Crippen LogP contribution in [0.2, 0.25) is 0 Å². The van der Waals surface area contributed by atoms with Gasteiger partial charge in [-0.3, -0.25) is 0 Å². The molecule has 84 valence electrons. The van der Waals surface area contributed by atoms with Gasteiger partial charge in [-0.2, -0.15) is 5.26 Å². The molecular weight excluding hydrogens is 202 g/mol. The van der Waals surface area contributed by atoms with E-state index in [0.717, 1.165) is 36.3 Å². The molecule has 1 aliphatic rings. The highest BCUT2D eigenvalue weighted by Gasteiger charge is 2.24. The molecule has 3 nitrogen and oxygen atoms in total. The summed E-state index contributed by atoms with van der Waals surface area (Å²) in [6, 6.07) is 6.19. The third-order valence-electron chi connectivity index (χ3n) is 3.16. The van der Waals surface area contributed by atoms with Gasteiger partial charge in [0, 0.05) is 11.1 Å². The molecule has 1 aromatic rings. The van der Waals surface area contributed by atoms with Gasteiger partial charge in [-0.05, 0) is 31.4 Å². The molecule has 0 heterocycles. The molecule has 16 heavy (non-hydrogen) atoms. The average Bonchev–Trinajstić information content (AvgIpc) is 2.36. The van der Waals surface area contributed by atoms with Crippen LogP contribution in [0.25, 0.3) is 0 Å². The summed E-state index contributed by atoms with van der Waals surface area (Å²) in [5.74, 6) is 1.89. The number of hydrogen-bond donors (Lipinski definition) is 0. The van der Waals surface area contributed by atoms with E-state index in [0.29, 0.717) is 0 Å². The van der Waals surface area contributed by atoms with Crippen LogP contribution in [-0.4, -0.2) is 14.2 Å². The Morgan fingerprint density at radius 3 is 2.38 bits per heavy atom. The van der Waals surface area contributed by atoms with Gasteiger partial charge in [-0.15, -0.1) is 0 Å². The topological polar surface area (TPSA) is 42.2 Å². The zero-order valence-electron chi connectivity index (χ0n) is 9.62. The molecule has 1 unspecified atom stereocenters. The van der Waals surface area contributed by atoms with Crippen LogP contribution in [0.3, 0.4) is 0 Å². The van der Waals surface area contributed by atoms with Crippen LogP contribution in [0.1, 0.15) is 17.5 Å². The number of benzene rings is 1. The summed E-state index contributed by atoms with van der Waals surface area (Å²) >= 11 is 0. The maximum Gasteiger partial charge on any atom is 0.122 e. The minimum Gasteiger partial charge on any atom is -0.496 e. The fourth-order valence-electron chi connectivity index (χ4n) is 2.31. The molecular formula is C13H15NO2. The summed E-state index contributed by atoms with van der Waals surface area (Å²) in [5.41, 5.74) is 2.34. The predicted octanol–water partition coefficient (Wildman–Crippen LogP) is 2.33. The van der Waals surface area contributed by atoms with Gasteiger partial charge in [-0.1, -0.05) is 0 Å². The SMILES string of the molecule is COc1ccc(OC)c2c1CCC(C#N)C2. The largest absolute Gasteiger partial charge is 0.496 e. The van der Waals surface area contributed by atoms with Crippen molar-refractivity contribution in [2.75, 3.05) is 14.2 Å². The van der Waals surface area contributed by atoms with Crippen LogP contribution in [0.15, 0.2) is 12.1 Å². The van der Waals surface area contributed by atoms with Crippen LogP contribution in [0.5, 0.6) is 11.5 Å². The van der Waals surface area contributed by atoms with Gasteiger partial charge in [0.2, 0.25) is 0 Å². The second-order valence-corrected chi connectivity index (χ2v) is 4.00. The molecule has 0 fully saturated rings. The highest BCUT2D eigenvalue weighted by atomic mass is 16.5. The molecule has 0 spiro atoms. The number of ether oxygens (including phenoxy) is 2. The molecule has 1 aromatic carbocycles. The van der Waals surface area contributed by atoms with E-state index in [1.54, 1.807) is 14.2 Å². The van der Waals surface area contributed by atoms with Crippen LogP contribution >= 0.6 is 0 Å². The first-order valence-electron chi connectivity index (χ1n) is 5.42. The van der Waals surface area contributed by atoms with Gasteiger partial charge in [0.1, 0.15) is 11.5 Å². The van der Waals surface area contributed by atoms with Crippen molar-refractivity contribution in [1.82, 2.24) is 0 Å². The lowest BCUT2D eigenvalue weighted by Crippen LogP contribution is -2.14. The van der Waals surface area contributed by atoms with E-state index in [2.05, 4.69) is 6.07 Å². The summed E-state index contributed by atoms with van der Waals surface area (Å²) in [6.45, 7) is 0. The lowest BCUT2D eigenvalue weighted by Gasteiger charge is -2.23. The highest BCUT2D eigenvalue weighted by Crippen LogP contribution is 2.37. The molecule has 2 rings (SSSR count). The quantitative estimate of drug-likeness (QED) is 0.763. The van der Waals surface area contributed by atoms with E-state index < -0.39 is 0 Å². The number of fused-ring (bicyclic) bond motifs is 1. The number of rotatable bonds is 2. The van der Waals surface area contributed by atoms with Gasteiger partial charge < -0.3 is 9.47 Å². The summed E-state index contributed by atoms with van der Waals surface area (Å²) in [6.07, 6.45) is 2.58. The number of nitriles is 1. The average molecular weight is 217 g/mol. The second kappa shape index (κ2) is 4.44. The van der Waals surface area contributed by atoms with Crippen molar-refractivity contribution >= 4 is 0 Å². The van der Waals surface area contributed by atoms with E-state index in [1.807, 2.05) is 12.1 Å². The van der Waals surface area contributed by atoms with Gasteiger partial charge in [0.15, 0.2) is 0 Å². The molecule has 0 aliphatic heterocycles. The van der Waals surface area contributed by atoms with Crippen LogP contribution in [0, 0.1) is 17.2 Å². The van der Waals surface area contributed by atoms with Crippen LogP contribution in [0.4, 0.5) is 0 Å². The normalized spacial score (nSPS) is 18.4. The van der Waals surface area contributed by atoms with Crippen molar-refractivity contribution in [2.45, 2.75) is 19.3 Å². The number of hydrogen-bond acceptors (Lipinski definition) is 3. The predicted molar refractivity (Wildman–Crippen MR) is 60.7 cm³/mol. The first kappa shape index (κ1) is 10.8. The maximum absolute atomic E-state index is 8.98. The van der Waals surface area contributed by atoms with E-state index in [1.165, 1.54) is 5.56 Å². The molecule has 0 bridgehead atoms. The van der Waals surface area contributed by atoms with Crippen molar-refractivity contribution in [3.8, 4) is 17.6 Å². The number of nitrogens with zero attached hydrogens (tertiary/aromatic N) is 1. The molecule has 3 heteroatoms. The van der Waals surface area contributed by atoms with Crippen molar-refractivity contribution in [1.29, 1.82) is 5.26 Å². The van der Waals surface area contributed by atoms with E-state index in [9.17, 15) is 0 Å². The monoisotopic (exact) mass is 217 g/mol. The van der Waals surface area contributed by atoms with Crippen molar-refractivity contribution in [3.05, 3.63) is 23.3 Å². The first-order valence-corrected chi connectivity index (χ1v) is 5.42. The molecule has 0 aromatic heterocycles. The maximum atomic E-state index is 8.98. The summed E-state index contributed by atoms with van der Waals surface area (Å²) in [4.78, 5) is 0. The summed E-state index contributed by atoms with van der Waals surface area (Å²) < 4.78 is 10.7. The minimum absolute atomic E-state index is 0.105. The smallest absolute Gasteiger partial charge is 0.122 e. The second-order valence-electron chi connectivity index (χ2n) is 4.00. The lowest BCUT2D eigenvalue weighted by molar-refractivity contribution is 0.384. The molecule has 1 atom stereocenters. The Bertz CT molecular complexity index is 434. The zero-order valence-corrected chi connectivity index (χ0v) is 9.62. The molecule has 0 N–H and O–H groups in total. The summed E-state index contributed by atoms with van der Waals surface area (Å²) in [7, 11) is 3.34. The molecule has 0 radical (unpaired) electrons. The molecule has 0 amide bonds. The molecule has 1 aliphatic carbocycles. The standard InChI is InChI=1S/C13H15NO2/c1-15-12-5-6-13(16-2)11-7-9(8-14)3-4-10(11)12/h5-6,9H,3-4,7H2,1-2H3. The molecule has 0 saturated carbocycles. The van der Waals surface area contributed by atoms with Gasteiger partial charge in [0.25, 0.3) is 0 Å². The highest BCUT2D eigenvalue weighted by molar-refractivity contribution is 5.50. The first-order chi connectivity index (χ1) is 7.80. The van der Waals surface area contributed by atoms with Gasteiger partial charge in [-0.25, -0.2) is 0 Å². The van der Waals surface area contributed by atoms with E-state index in [4.69, 9.17) is 14.7 Å². The zero-order chi connectivity index (χ0) is 11.5. The van der Waals surface area contributed by atoms with Crippen molar-refractivity contribution in [3.63, 3.8) is 0 Å². The van der Waals surface area contributed by atoms with Gasteiger partial charge >= 0.3 is 0 Å². The Morgan fingerprint density at radius 1 is 1.19 bits per heavy atom. The Balaban J connectivity index is 2.47.